The predicted octanol–water partition coefficient (Wildman–Crippen LogP) is 3.92. The zero-order chi connectivity index (χ0) is 11.4. The number of rotatable bonds is 3. The first-order chi connectivity index (χ1) is 7.74. The highest BCUT2D eigenvalue weighted by atomic mass is 35.5. The number of ether oxygens (including phenoxy) is 1. The van der Waals surface area contributed by atoms with Crippen molar-refractivity contribution in [3.05, 3.63) is 34.9 Å². The van der Waals surface area contributed by atoms with Crippen molar-refractivity contribution < 1.29 is 4.74 Å². The number of hydrogen-bond donors (Lipinski definition) is 0. The summed E-state index contributed by atoms with van der Waals surface area (Å²) in [6, 6.07) is 8.06. The zero-order valence-corrected chi connectivity index (χ0v) is 10.7. The number of benzene rings is 1. The maximum atomic E-state index is 6.14. The maximum absolute atomic E-state index is 6.14. The lowest BCUT2D eigenvalue weighted by Gasteiger charge is -2.35. The smallest absolute Gasteiger partial charge is 0.0471 e. The Morgan fingerprint density at radius 3 is 2.31 bits per heavy atom. The van der Waals surface area contributed by atoms with Gasteiger partial charge in [-0.05, 0) is 42.4 Å². The Hall–Kier alpha value is -0.240. The Labute approximate surface area is 107 Å². The fourth-order valence-corrected chi connectivity index (χ4v) is 2.69. The van der Waals surface area contributed by atoms with Gasteiger partial charge in [0.2, 0.25) is 0 Å². The minimum atomic E-state index is 0.216. The molecule has 1 aromatic carbocycles. The lowest BCUT2D eigenvalue weighted by Crippen LogP contribution is -2.33. The Bertz CT molecular complexity index is 328. The van der Waals surface area contributed by atoms with Crippen LogP contribution in [0, 0.1) is 5.41 Å². The molecule has 1 nitrogen and oxygen atoms in total. The van der Waals surface area contributed by atoms with Gasteiger partial charge in [-0.25, -0.2) is 0 Å². The highest BCUT2D eigenvalue weighted by molar-refractivity contribution is 6.30. The van der Waals surface area contributed by atoms with Crippen LogP contribution >= 0.6 is 23.2 Å². The quantitative estimate of drug-likeness (QED) is 0.747. The second-order valence-electron chi connectivity index (χ2n) is 4.55. The molecule has 0 radical (unpaired) electrons. The topological polar surface area (TPSA) is 9.23 Å². The van der Waals surface area contributed by atoms with Crippen LogP contribution in [0.15, 0.2) is 24.3 Å². The van der Waals surface area contributed by atoms with Crippen LogP contribution in [0.5, 0.6) is 0 Å². The standard InChI is InChI=1S/C13H16Cl2O/c14-10-13(5-7-16-8-6-13)9-11-1-3-12(15)4-2-11/h1-4H,5-10H2. The molecule has 0 amide bonds. The van der Waals surface area contributed by atoms with Crippen molar-refractivity contribution in [3.8, 4) is 0 Å². The molecule has 0 bridgehead atoms. The predicted molar refractivity (Wildman–Crippen MR) is 68.4 cm³/mol. The minimum absolute atomic E-state index is 0.216. The van der Waals surface area contributed by atoms with Crippen molar-refractivity contribution in [2.75, 3.05) is 19.1 Å². The zero-order valence-electron chi connectivity index (χ0n) is 9.22. The highest BCUT2D eigenvalue weighted by Crippen LogP contribution is 2.35. The van der Waals surface area contributed by atoms with Crippen LogP contribution in [0.2, 0.25) is 5.02 Å². The first-order valence-electron chi connectivity index (χ1n) is 5.62. The molecule has 1 aliphatic rings. The van der Waals surface area contributed by atoms with E-state index in [1.807, 2.05) is 12.1 Å². The van der Waals surface area contributed by atoms with Crippen LogP contribution in [0.4, 0.5) is 0 Å². The Balaban J connectivity index is 2.08. The van der Waals surface area contributed by atoms with Gasteiger partial charge < -0.3 is 4.74 Å². The summed E-state index contributed by atoms with van der Waals surface area (Å²) in [5.41, 5.74) is 1.53. The Morgan fingerprint density at radius 2 is 1.75 bits per heavy atom. The molecule has 1 saturated heterocycles. The summed E-state index contributed by atoms with van der Waals surface area (Å²) >= 11 is 12.0. The molecule has 2 rings (SSSR count). The fraction of sp³-hybridized carbons (Fsp3) is 0.538. The van der Waals surface area contributed by atoms with E-state index < -0.39 is 0 Å². The summed E-state index contributed by atoms with van der Waals surface area (Å²) in [5.74, 6) is 0.707. The van der Waals surface area contributed by atoms with Gasteiger partial charge in [-0.2, -0.15) is 0 Å². The molecule has 0 saturated carbocycles. The summed E-state index contributed by atoms with van der Waals surface area (Å²) in [5, 5.41) is 0.788. The maximum Gasteiger partial charge on any atom is 0.0471 e. The summed E-state index contributed by atoms with van der Waals surface area (Å²) in [7, 11) is 0. The molecule has 1 aliphatic heterocycles. The van der Waals surface area contributed by atoms with Gasteiger partial charge in [-0.1, -0.05) is 23.7 Å². The van der Waals surface area contributed by atoms with E-state index in [4.69, 9.17) is 27.9 Å². The van der Waals surface area contributed by atoms with Gasteiger partial charge in [0.1, 0.15) is 0 Å². The molecular formula is C13H16Cl2O. The van der Waals surface area contributed by atoms with E-state index in [1.54, 1.807) is 0 Å². The Morgan fingerprint density at radius 1 is 1.12 bits per heavy atom. The molecule has 1 fully saturated rings. The third kappa shape index (κ3) is 2.91. The van der Waals surface area contributed by atoms with Gasteiger partial charge in [0.25, 0.3) is 0 Å². The van der Waals surface area contributed by atoms with Crippen molar-refractivity contribution >= 4 is 23.2 Å². The molecule has 16 heavy (non-hydrogen) atoms. The van der Waals surface area contributed by atoms with E-state index in [9.17, 15) is 0 Å². The van der Waals surface area contributed by atoms with Crippen molar-refractivity contribution in [2.45, 2.75) is 19.3 Å². The fourth-order valence-electron chi connectivity index (χ4n) is 2.20. The van der Waals surface area contributed by atoms with Crippen molar-refractivity contribution in [1.29, 1.82) is 0 Å². The van der Waals surface area contributed by atoms with Crippen molar-refractivity contribution in [3.63, 3.8) is 0 Å². The van der Waals surface area contributed by atoms with Crippen LogP contribution in [-0.2, 0) is 11.2 Å². The van der Waals surface area contributed by atoms with Crippen molar-refractivity contribution in [2.24, 2.45) is 5.41 Å². The molecule has 0 aromatic heterocycles. The van der Waals surface area contributed by atoms with E-state index in [2.05, 4.69) is 12.1 Å². The monoisotopic (exact) mass is 258 g/mol. The van der Waals surface area contributed by atoms with Gasteiger partial charge in [0, 0.05) is 24.1 Å². The molecular weight excluding hydrogens is 243 g/mol. The molecule has 0 N–H and O–H groups in total. The van der Waals surface area contributed by atoms with E-state index in [0.717, 1.165) is 37.5 Å². The van der Waals surface area contributed by atoms with Crippen LogP contribution in [0.3, 0.4) is 0 Å². The second-order valence-corrected chi connectivity index (χ2v) is 5.25. The molecule has 3 heteroatoms. The molecule has 0 unspecified atom stereocenters. The van der Waals surface area contributed by atoms with Crippen LogP contribution in [-0.4, -0.2) is 19.1 Å². The van der Waals surface area contributed by atoms with E-state index in [1.165, 1.54) is 5.56 Å². The SMILES string of the molecule is ClCC1(Cc2ccc(Cl)cc2)CCOCC1. The van der Waals surface area contributed by atoms with Gasteiger partial charge in [0.05, 0.1) is 0 Å². The van der Waals surface area contributed by atoms with Crippen LogP contribution in [0.25, 0.3) is 0 Å². The lowest BCUT2D eigenvalue weighted by molar-refractivity contribution is 0.0258. The Kier molecular flexibility index (Phi) is 4.12. The average molecular weight is 259 g/mol. The van der Waals surface area contributed by atoms with Crippen molar-refractivity contribution in [1.82, 2.24) is 0 Å². The molecule has 88 valence electrons. The van der Waals surface area contributed by atoms with Crippen LogP contribution in [0.1, 0.15) is 18.4 Å². The van der Waals surface area contributed by atoms with Gasteiger partial charge >= 0.3 is 0 Å². The second kappa shape index (κ2) is 5.39. The summed E-state index contributed by atoms with van der Waals surface area (Å²) in [6.45, 7) is 1.67. The number of halogens is 2. The number of hydrogen-bond acceptors (Lipinski definition) is 1. The molecule has 0 aliphatic carbocycles. The lowest BCUT2D eigenvalue weighted by atomic mass is 9.77. The van der Waals surface area contributed by atoms with Gasteiger partial charge in [0.15, 0.2) is 0 Å². The highest BCUT2D eigenvalue weighted by Gasteiger charge is 2.31. The molecule has 1 heterocycles. The summed E-state index contributed by atoms with van der Waals surface area (Å²) < 4.78 is 5.40. The average Bonchev–Trinajstić information content (AvgIpc) is 2.33. The molecule has 0 atom stereocenters. The molecule has 1 aromatic rings. The minimum Gasteiger partial charge on any atom is -0.381 e. The number of alkyl halides is 1. The van der Waals surface area contributed by atoms with E-state index >= 15 is 0 Å². The van der Waals surface area contributed by atoms with Crippen LogP contribution < -0.4 is 0 Å². The first-order valence-corrected chi connectivity index (χ1v) is 6.54. The summed E-state index contributed by atoms with van der Waals surface area (Å²) in [6.07, 6.45) is 3.13. The molecule has 0 spiro atoms. The van der Waals surface area contributed by atoms with E-state index in [-0.39, 0.29) is 5.41 Å². The normalized spacial score (nSPS) is 19.6. The third-order valence-electron chi connectivity index (χ3n) is 3.33. The van der Waals surface area contributed by atoms with Gasteiger partial charge in [-0.15, -0.1) is 11.6 Å². The van der Waals surface area contributed by atoms with Gasteiger partial charge in [-0.3, -0.25) is 0 Å². The third-order valence-corrected chi connectivity index (χ3v) is 4.15. The summed E-state index contributed by atoms with van der Waals surface area (Å²) in [4.78, 5) is 0. The first kappa shape index (κ1) is 12.2. The van der Waals surface area contributed by atoms with E-state index in [0.29, 0.717) is 5.88 Å². The largest absolute Gasteiger partial charge is 0.381 e.